The Kier molecular flexibility index (Phi) is 5.10. The zero-order chi connectivity index (χ0) is 11.5. The van der Waals surface area contributed by atoms with Gasteiger partial charge in [-0.3, -0.25) is 4.68 Å². The molecule has 0 N–H and O–H groups in total. The molecule has 0 amide bonds. The number of benzene rings is 1. The fourth-order valence-corrected chi connectivity index (χ4v) is 2.15. The van der Waals surface area contributed by atoms with Crippen molar-refractivity contribution in [1.29, 1.82) is 0 Å². The van der Waals surface area contributed by atoms with Crippen LogP contribution in [0.25, 0.3) is 5.69 Å². The van der Waals surface area contributed by atoms with E-state index in [4.69, 9.17) is 0 Å². The van der Waals surface area contributed by atoms with E-state index < -0.39 is 0 Å². The Morgan fingerprint density at radius 1 is 1.24 bits per heavy atom. The molecular weight excluding hydrogens is 388 g/mol. The predicted octanol–water partition coefficient (Wildman–Crippen LogP) is 3.10. The molecule has 3 heteroatoms. The number of aryl methyl sites for hydroxylation is 1. The number of aromatic nitrogens is 2. The molecule has 0 saturated carbocycles. The van der Waals surface area contributed by atoms with Crippen LogP contribution in [0.3, 0.4) is 0 Å². The topological polar surface area (TPSA) is 17.8 Å². The van der Waals surface area contributed by atoms with E-state index in [0.717, 1.165) is 24.2 Å². The molecule has 2 aromatic rings. The molecule has 0 unspecified atom stereocenters. The van der Waals surface area contributed by atoms with Gasteiger partial charge < -0.3 is 0 Å². The van der Waals surface area contributed by atoms with Crippen LogP contribution >= 0.6 is 0 Å². The van der Waals surface area contributed by atoms with E-state index in [1.165, 1.54) is 11.3 Å². The molecule has 17 heavy (non-hydrogen) atoms. The van der Waals surface area contributed by atoms with E-state index in [-0.39, 0.29) is 20.1 Å². The molecule has 0 aliphatic carbocycles. The standard InChI is InChI=1S/C14H17N2.Ir/c1-4-13-11(3)15-16(14(13)5-2)12-9-7-6-8-10-12;/h6-9H,4-5H2,1-3H3;/q-1;. The first-order valence-corrected chi connectivity index (χ1v) is 5.82. The normalized spacial score (nSPS) is 10.1. The predicted molar refractivity (Wildman–Crippen MR) is 65.9 cm³/mol. The summed E-state index contributed by atoms with van der Waals surface area (Å²) in [5.74, 6) is 0. The van der Waals surface area contributed by atoms with Gasteiger partial charge in [0.05, 0.1) is 5.69 Å². The summed E-state index contributed by atoms with van der Waals surface area (Å²) in [5.41, 5.74) is 4.85. The fraction of sp³-hybridized carbons (Fsp3) is 0.357. The first-order chi connectivity index (χ1) is 7.77. The molecule has 1 aromatic carbocycles. The maximum Gasteiger partial charge on any atom is 0.0632 e. The summed E-state index contributed by atoms with van der Waals surface area (Å²) >= 11 is 0. The van der Waals surface area contributed by atoms with Crippen molar-refractivity contribution >= 4 is 0 Å². The molecular formula is C14H17IrN2-. The van der Waals surface area contributed by atoms with Crippen LogP contribution in [-0.4, -0.2) is 9.78 Å². The summed E-state index contributed by atoms with van der Waals surface area (Å²) in [4.78, 5) is 0. The number of hydrogen-bond acceptors (Lipinski definition) is 1. The van der Waals surface area contributed by atoms with Crippen LogP contribution in [0.5, 0.6) is 0 Å². The average Bonchev–Trinajstić information content (AvgIpc) is 2.66. The third-order valence-electron chi connectivity index (χ3n) is 2.90. The Labute approximate surface area is 116 Å². The third-order valence-corrected chi connectivity index (χ3v) is 2.90. The van der Waals surface area contributed by atoms with E-state index in [1.807, 2.05) is 28.9 Å². The van der Waals surface area contributed by atoms with E-state index in [1.54, 1.807) is 0 Å². The van der Waals surface area contributed by atoms with Gasteiger partial charge in [0, 0.05) is 25.8 Å². The Balaban J connectivity index is 0.00000144. The van der Waals surface area contributed by atoms with Crippen LogP contribution in [0.2, 0.25) is 0 Å². The van der Waals surface area contributed by atoms with Crippen molar-refractivity contribution in [1.82, 2.24) is 9.78 Å². The average molecular weight is 406 g/mol. The molecule has 0 fully saturated rings. The molecule has 1 radical (unpaired) electrons. The van der Waals surface area contributed by atoms with Gasteiger partial charge in [-0.15, -0.1) is 6.07 Å². The molecule has 0 saturated heterocycles. The van der Waals surface area contributed by atoms with Crippen molar-refractivity contribution < 1.29 is 20.1 Å². The Hall–Kier alpha value is -0.921. The molecule has 93 valence electrons. The summed E-state index contributed by atoms with van der Waals surface area (Å²) in [6, 6.07) is 11.2. The zero-order valence-corrected chi connectivity index (χ0v) is 12.8. The summed E-state index contributed by atoms with van der Waals surface area (Å²) < 4.78 is 2.02. The summed E-state index contributed by atoms with van der Waals surface area (Å²) in [5, 5.41) is 4.61. The van der Waals surface area contributed by atoms with Gasteiger partial charge in [0.25, 0.3) is 0 Å². The van der Waals surface area contributed by atoms with E-state index >= 15 is 0 Å². The van der Waals surface area contributed by atoms with Crippen LogP contribution in [0, 0.1) is 13.0 Å². The summed E-state index contributed by atoms with van der Waals surface area (Å²) in [7, 11) is 0. The van der Waals surface area contributed by atoms with E-state index in [2.05, 4.69) is 31.9 Å². The van der Waals surface area contributed by atoms with Gasteiger partial charge >= 0.3 is 0 Å². The minimum Gasteiger partial charge on any atom is -0.262 e. The third kappa shape index (κ3) is 2.67. The largest absolute Gasteiger partial charge is 0.262 e. The zero-order valence-electron chi connectivity index (χ0n) is 10.5. The van der Waals surface area contributed by atoms with Crippen LogP contribution in [-0.2, 0) is 32.9 Å². The first-order valence-electron chi connectivity index (χ1n) is 5.82. The van der Waals surface area contributed by atoms with Gasteiger partial charge in [-0.1, -0.05) is 13.8 Å². The molecule has 1 aromatic heterocycles. The van der Waals surface area contributed by atoms with Crippen molar-refractivity contribution in [3.05, 3.63) is 47.3 Å². The van der Waals surface area contributed by atoms with Crippen molar-refractivity contribution in [3.8, 4) is 5.69 Å². The van der Waals surface area contributed by atoms with Crippen molar-refractivity contribution in [2.75, 3.05) is 0 Å². The van der Waals surface area contributed by atoms with Crippen LogP contribution in [0.15, 0.2) is 24.3 Å². The quantitative estimate of drug-likeness (QED) is 0.718. The van der Waals surface area contributed by atoms with E-state index in [9.17, 15) is 0 Å². The van der Waals surface area contributed by atoms with Gasteiger partial charge in [-0.25, -0.2) is 0 Å². The maximum atomic E-state index is 4.61. The summed E-state index contributed by atoms with van der Waals surface area (Å²) in [6.07, 6.45) is 2.05. The van der Waals surface area contributed by atoms with Crippen LogP contribution < -0.4 is 0 Å². The van der Waals surface area contributed by atoms with Gasteiger partial charge in [-0.2, -0.15) is 29.4 Å². The van der Waals surface area contributed by atoms with Gasteiger partial charge in [0.1, 0.15) is 0 Å². The molecule has 0 aliphatic rings. The number of rotatable bonds is 3. The smallest absolute Gasteiger partial charge is 0.0632 e. The molecule has 0 bridgehead atoms. The van der Waals surface area contributed by atoms with Gasteiger partial charge in [-0.05, 0) is 31.0 Å². The molecule has 2 nitrogen and oxygen atoms in total. The number of hydrogen-bond donors (Lipinski definition) is 0. The SMILES string of the molecule is CCc1c(C)nn(-c2[c-]cccc2)c1CC.[Ir]. The van der Waals surface area contributed by atoms with Crippen molar-refractivity contribution in [3.63, 3.8) is 0 Å². The van der Waals surface area contributed by atoms with Crippen molar-refractivity contribution in [2.24, 2.45) is 0 Å². The first kappa shape index (κ1) is 14.1. The molecule has 0 spiro atoms. The number of para-hydroxylation sites is 1. The molecule has 0 atom stereocenters. The fourth-order valence-electron chi connectivity index (χ4n) is 2.15. The number of nitrogens with zero attached hydrogens (tertiary/aromatic N) is 2. The minimum absolute atomic E-state index is 0. The van der Waals surface area contributed by atoms with Gasteiger partial charge in [0.15, 0.2) is 0 Å². The Morgan fingerprint density at radius 2 is 2.00 bits per heavy atom. The van der Waals surface area contributed by atoms with Gasteiger partial charge in [0.2, 0.25) is 0 Å². The summed E-state index contributed by atoms with van der Waals surface area (Å²) in [6.45, 7) is 6.44. The molecule has 1 heterocycles. The van der Waals surface area contributed by atoms with E-state index in [0.29, 0.717) is 0 Å². The molecule has 2 rings (SSSR count). The minimum atomic E-state index is 0. The maximum absolute atomic E-state index is 4.61. The second-order valence-corrected chi connectivity index (χ2v) is 3.88. The second-order valence-electron chi connectivity index (χ2n) is 3.88. The second kappa shape index (κ2) is 6.13. The monoisotopic (exact) mass is 406 g/mol. The van der Waals surface area contributed by atoms with Crippen molar-refractivity contribution in [2.45, 2.75) is 33.6 Å². The van der Waals surface area contributed by atoms with Crippen LogP contribution in [0.4, 0.5) is 0 Å². The Morgan fingerprint density at radius 3 is 2.53 bits per heavy atom. The Bertz CT molecular complexity index is 474. The van der Waals surface area contributed by atoms with Crippen LogP contribution in [0.1, 0.15) is 30.8 Å². The molecule has 0 aliphatic heterocycles.